The van der Waals surface area contributed by atoms with E-state index in [4.69, 9.17) is 16.3 Å². The van der Waals surface area contributed by atoms with Crippen molar-refractivity contribution in [3.8, 4) is 5.75 Å². The van der Waals surface area contributed by atoms with Crippen LogP contribution in [0.25, 0.3) is 16.8 Å². The molecule has 0 radical (unpaired) electrons. The maximum atomic E-state index is 13.1. The van der Waals surface area contributed by atoms with Crippen LogP contribution < -0.4 is 4.74 Å². The Morgan fingerprint density at radius 3 is 2.47 bits per heavy atom. The van der Waals surface area contributed by atoms with Gasteiger partial charge in [0, 0.05) is 10.6 Å². The smallest absolute Gasteiger partial charge is 0.293 e. The molecule has 0 bridgehead atoms. The number of thioether (sulfide) groups is 1. The zero-order valence-electron chi connectivity index (χ0n) is 18.1. The van der Waals surface area contributed by atoms with Gasteiger partial charge in [0.05, 0.1) is 11.4 Å². The maximum Gasteiger partial charge on any atom is 0.293 e. The minimum atomic E-state index is -0.287. The van der Waals surface area contributed by atoms with Gasteiger partial charge < -0.3 is 4.74 Å². The summed E-state index contributed by atoms with van der Waals surface area (Å²) < 4.78 is 5.88. The molecule has 1 saturated heterocycles. The van der Waals surface area contributed by atoms with Gasteiger partial charge in [0.15, 0.2) is 0 Å². The lowest BCUT2D eigenvalue weighted by Gasteiger charge is -2.14. The quantitative estimate of drug-likeness (QED) is 0.269. The number of carbonyl (C=O) groups is 2. The minimum absolute atomic E-state index is 0.240. The highest BCUT2D eigenvalue weighted by Gasteiger charge is 2.35. The fourth-order valence-corrected chi connectivity index (χ4v) is 4.89. The highest BCUT2D eigenvalue weighted by Crippen LogP contribution is 2.34. The summed E-state index contributed by atoms with van der Waals surface area (Å²) in [5.74, 6) is 0.369. The van der Waals surface area contributed by atoms with E-state index < -0.39 is 0 Å². The molecule has 0 aliphatic carbocycles. The van der Waals surface area contributed by atoms with Gasteiger partial charge in [0.1, 0.15) is 12.4 Å². The summed E-state index contributed by atoms with van der Waals surface area (Å²) in [4.78, 5) is 27.4. The summed E-state index contributed by atoms with van der Waals surface area (Å²) in [6.07, 6.45) is 1.73. The number of hydrogen-bond donors (Lipinski definition) is 0. The minimum Gasteiger partial charge on any atom is -0.489 e. The zero-order chi connectivity index (χ0) is 23.5. The lowest BCUT2D eigenvalue weighted by atomic mass is 10.0. The van der Waals surface area contributed by atoms with Gasteiger partial charge in [0.2, 0.25) is 0 Å². The third-order valence-corrected chi connectivity index (χ3v) is 6.87. The molecule has 0 spiro atoms. The summed E-state index contributed by atoms with van der Waals surface area (Å²) in [6.45, 7) is 0.578. The third kappa shape index (κ3) is 4.72. The van der Waals surface area contributed by atoms with Gasteiger partial charge in [-0.1, -0.05) is 84.4 Å². The van der Waals surface area contributed by atoms with Gasteiger partial charge in [-0.3, -0.25) is 14.5 Å². The van der Waals surface area contributed by atoms with Crippen LogP contribution in [-0.4, -0.2) is 16.0 Å². The maximum absolute atomic E-state index is 13.1. The van der Waals surface area contributed by atoms with Gasteiger partial charge in [0.25, 0.3) is 11.1 Å². The molecule has 1 aliphatic rings. The Morgan fingerprint density at radius 1 is 0.853 bits per heavy atom. The molecule has 5 rings (SSSR count). The molecule has 0 aromatic heterocycles. The van der Waals surface area contributed by atoms with Crippen LogP contribution in [0.4, 0.5) is 4.79 Å². The first-order valence-electron chi connectivity index (χ1n) is 10.8. The molecule has 1 fully saturated rings. The molecule has 6 heteroatoms. The highest BCUT2D eigenvalue weighted by molar-refractivity contribution is 8.18. The molecule has 4 nitrogen and oxygen atoms in total. The predicted octanol–water partition coefficient (Wildman–Crippen LogP) is 7.31. The molecule has 4 aromatic rings. The Balaban J connectivity index is 1.33. The van der Waals surface area contributed by atoms with E-state index >= 15 is 0 Å². The van der Waals surface area contributed by atoms with Crippen molar-refractivity contribution >= 4 is 51.4 Å². The number of halogens is 1. The summed E-state index contributed by atoms with van der Waals surface area (Å²) >= 11 is 7.16. The molecular weight excluding hydrogens is 466 g/mol. The average Bonchev–Trinajstić information content (AvgIpc) is 3.11. The van der Waals surface area contributed by atoms with Crippen LogP contribution in [0.2, 0.25) is 5.02 Å². The molecular formula is C28H20ClNO3S. The number of nitrogens with zero attached hydrogens (tertiary/aromatic N) is 1. The van der Waals surface area contributed by atoms with E-state index in [0.29, 0.717) is 22.3 Å². The number of imide groups is 1. The molecule has 0 saturated carbocycles. The first-order valence-corrected chi connectivity index (χ1v) is 12.0. The van der Waals surface area contributed by atoms with Crippen LogP contribution in [0.5, 0.6) is 5.75 Å². The van der Waals surface area contributed by atoms with Crippen LogP contribution in [0, 0.1) is 0 Å². The van der Waals surface area contributed by atoms with E-state index in [1.807, 2.05) is 91.0 Å². The van der Waals surface area contributed by atoms with Crippen LogP contribution in [0.1, 0.15) is 16.7 Å². The van der Waals surface area contributed by atoms with Gasteiger partial charge in [-0.25, -0.2) is 0 Å². The van der Waals surface area contributed by atoms with E-state index in [9.17, 15) is 9.59 Å². The van der Waals surface area contributed by atoms with E-state index in [1.54, 1.807) is 6.08 Å². The Hall–Kier alpha value is -3.54. The van der Waals surface area contributed by atoms with Crippen molar-refractivity contribution in [1.29, 1.82) is 0 Å². The number of benzene rings is 4. The van der Waals surface area contributed by atoms with Crippen molar-refractivity contribution in [3.63, 3.8) is 0 Å². The molecule has 34 heavy (non-hydrogen) atoms. The van der Waals surface area contributed by atoms with E-state index in [2.05, 4.69) is 0 Å². The van der Waals surface area contributed by atoms with Crippen molar-refractivity contribution in [2.45, 2.75) is 13.2 Å². The van der Waals surface area contributed by atoms with Crippen LogP contribution in [0.3, 0.4) is 0 Å². The zero-order valence-corrected chi connectivity index (χ0v) is 19.7. The summed E-state index contributed by atoms with van der Waals surface area (Å²) in [5.41, 5.74) is 2.62. The lowest BCUT2D eigenvalue weighted by molar-refractivity contribution is -0.123. The van der Waals surface area contributed by atoms with Gasteiger partial charge in [-0.05, 0) is 57.9 Å². The van der Waals surface area contributed by atoms with E-state index in [0.717, 1.165) is 39.2 Å². The van der Waals surface area contributed by atoms with E-state index in [1.165, 1.54) is 4.90 Å². The van der Waals surface area contributed by atoms with Crippen LogP contribution in [0.15, 0.2) is 95.9 Å². The molecule has 0 N–H and O–H groups in total. The van der Waals surface area contributed by atoms with Gasteiger partial charge in [-0.15, -0.1) is 0 Å². The monoisotopic (exact) mass is 485 g/mol. The molecule has 0 atom stereocenters. The number of ether oxygens (including phenoxy) is 1. The number of fused-ring (bicyclic) bond motifs is 1. The van der Waals surface area contributed by atoms with Crippen molar-refractivity contribution in [2.24, 2.45) is 0 Å². The van der Waals surface area contributed by atoms with E-state index in [-0.39, 0.29) is 17.7 Å². The molecule has 1 heterocycles. The average molecular weight is 486 g/mol. The van der Waals surface area contributed by atoms with Crippen molar-refractivity contribution in [3.05, 3.63) is 118 Å². The fraction of sp³-hybridized carbons (Fsp3) is 0.0714. The Kier molecular flexibility index (Phi) is 6.39. The molecule has 168 valence electrons. The summed E-state index contributed by atoms with van der Waals surface area (Å²) in [6, 6.07) is 28.8. The second-order valence-corrected chi connectivity index (χ2v) is 9.26. The largest absolute Gasteiger partial charge is 0.489 e. The number of hydrogen-bond acceptors (Lipinski definition) is 4. The highest BCUT2D eigenvalue weighted by atomic mass is 35.5. The number of amides is 2. The first kappa shape index (κ1) is 22.3. The normalized spacial score (nSPS) is 14.9. The predicted molar refractivity (Wildman–Crippen MR) is 138 cm³/mol. The van der Waals surface area contributed by atoms with Crippen molar-refractivity contribution in [2.75, 3.05) is 0 Å². The molecule has 1 aliphatic heterocycles. The van der Waals surface area contributed by atoms with Crippen LogP contribution >= 0.6 is 23.4 Å². The second-order valence-electron chi connectivity index (χ2n) is 7.86. The van der Waals surface area contributed by atoms with Crippen molar-refractivity contribution < 1.29 is 14.3 Å². The fourth-order valence-electron chi connectivity index (χ4n) is 3.86. The lowest BCUT2D eigenvalue weighted by Crippen LogP contribution is -2.27. The number of rotatable bonds is 6. The SMILES string of the molecule is O=C1S/C(=C/c2cccc(OCc3ccccc3Cl)c2)C(=O)N1Cc1cccc2ccccc12. The molecule has 0 unspecified atom stereocenters. The van der Waals surface area contributed by atoms with Gasteiger partial charge >= 0.3 is 0 Å². The van der Waals surface area contributed by atoms with Gasteiger partial charge in [-0.2, -0.15) is 0 Å². The van der Waals surface area contributed by atoms with Crippen molar-refractivity contribution in [1.82, 2.24) is 4.90 Å². The standard InChI is InChI=1S/C28H20ClNO3S/c29-25-14-4-2-9-22(25)18-33-23-12-5-7-19(15-23)16-26-27(31)30(28(32)34-26)17-21-11-6-10-20-8-1-3-13-24(20)21/h1-16H,17-18H2/b26-16+. The Labute approximate surface area is 206 Å². The Morgan fingerprint density at radius 2 is 1.59 bits per heavy atom. The van der Waals surface area contributed by atoms with Crippen LogP contribution in [-0.2, 0) is 17.9 Å². The molecule has 4 aromatic carbocycles. The third-order valence-electron chi connectivity index (χ3n) is 5.59. The number of carbonyl (C=O) groups excluding carboxylic acids is 2. The second kappa shape index (κ2) is 9.75. The topological polar surface area (TPSA) is 46.6 Å². The first-order chi connectivity index (χ1) is 16.6. The summed E-state index contributed by atoms with van der Waals surface area (Å²) in [5, 5.41) is 2.50. The Bertz CT molecular complexity index is 1430. The molecule has 2 amide bonds. The summed E-state index contributed by atoms with van der Waals surface area (Å²) in [7, 11) is 0.